The van der Waals surface area contributed by atoms with Crippen molar-refractivity contribution in [1.29, 1.82) is 0 Å². The maximum atomic E-state index is 11.9. The van der Waals surface area contributed by atoms with Crippen molar-refractivity contribution in [2.75, 3.05) is 13.1 Å². The van der Waals surface area contributed by atoms with Crippen LogP contribution in [-0.4, -0.2) is 24.0 Å². The van der Waals surface area contributed by atoms with Crippen LogP contribution in [0.15, 0.2) is 30.5 Å². The van der Waals surface area contributed by atoms with Gasteiger partial charge in [-0.3, -0.25) is 0 Å². The highest BCUT2D eigenvalue weighted by molar-refractivity contribution is 6.32. The van der Waals surface area contributed by atoms with Crippen molar-refractivity contribution >= 4 is 23.7 Å². The lowest BCUT2D eigenvalue weighted by atomic mass is 10.00. The van der Waals surface area contributed by atoms with Gasteiger partial charge in [0.25, 0.3) is 0 Å². The number of hydrogen-bond acceptors (Lipinski definition) is 1. The van der Waals surface area contributed by atoms with Crippen LogP contribution in [0.2, 0.25) is 5.02 Å². The van der Waals surface area contributed by atoms with E-state index < -0.39 is 0 Å². The Balaban J connectivity index is 1.85. The number of carbonyl (C=O) groups excluding carboxylic acids is 1. The number of amides is 2. The number of hydrogen-bond donors (Lipinski definition) is 1. The molecular weight excluding hydrogens is 260 g/mol. The third kappa shape index (κ3) is 4.00. The molecular formula is C15H19ClN2O. The minimum absolute atomic E-state index is 0.0322. The molecule has 0 spiro atoms. The number of likely N-dealkylation sites (tertiary alicyclic amines) is 1. The predicted molar refractivity (Wildman–Crippen MR) is 79.0 cm³/mol. The van der Waals surface area contributed by atoms with E-state index in [9.17, 15) is 4.79 Å². The molecule has 0 unspecified atom stereocenters. The van der Waals surface area contributed by atoms with Crippen LogP contribution in [0.25, 0.3) is 6.08 Å². The molecule has 19 heavy (non-hydrogen) atoms. The molecule has 1 fully saturated rings. The monoisotopic (exact) mass is 278 g/mol. The molecule has 0 aliphatic carbocycles. The van der Waals surface area contributed by atoms with Gasteiger partial charge in [0, 0.05) is 24.3 Å². The number of urea groups is 1. The third-order valence-electron chi connectivity index (χ3n) is 3.45. The lowest BCUT2D eigenvalue weighted by molar-refractivity contribution is 0.177. The quantitative estimate of drug-likeness (QED) is 0.878. The van der Waals surface area contributed by atoms with Gasteiger partial charge in [-0.05, 0) is 36.5 Å². The Morgan fingerprint density at radius 3 is 2.74 bits per heavy atom. The van der Waals surface area contributed by atoms with E-state index in [0.29, 0.717) is 5.02 Å². The van der Waals surface area contributed by atoms with Gasteiger partial charge in [0.2, 0.25) is 0 Å². The summed E-state index contributed by atoms with van der Waals surface area (Å²) in [7, 11) is 0. The fourth-order valence-corrected chi connectivity index (χ4v) is 2.31. The lowest BCUT2D eigenvalue weighted by Crippen LogP contribution is -2.42. The summed E-state index contributed by atoms with van der Waals surface area (Å²) in [6.07, 6.45) is 5.64. The van der Waals surface area contributed by atoms with Gasteiger partial charge in [0.05, 0.1) is 0 Å². The zero-order valence-corrected chi connectivity index (χ0v) is 11.9. The van der Waals surface area contributed by atoms with Crippen LogP contribution < -0.4 is 5.32 Å². The first-order valence-electron chi connectivity index (χ1n) is 6.63. The molecule has 102 valence electrons. The smallest absolute Gasteiger partial charge is 0.321 e. The minimum Gasteiger partial charge on any atom is -0.325 e. The van der Waals surface area contributed by atoms with Crippen molar-refractivity contribution < 1.29 is 4.79 Å². The topological polar surface area (TPSA) is 32.3 Å². The van der Waals surface area contributed by atoms with Gasteiger partial charge in [-0.15, -0.1) is 0 Å². The highest BCUT2D eigenvalue weighted by Crippen LogP contribution is 2.17. The first-order valence-corrected chi connectivity index (χ1v) is 7.01. The third-order valence-corrected chi connectivity index (χ3v) is 3.79. The van der Waals surface area contributed by atoms with E-state index in [0.717, 1.165) is 37.4 Å². The number of benzene rings is 1. The SMILES string of the molecule is CC1CCN(C(=O)N/C=C/c2ccccc2Cl)CC1. The Morgan fingerprint density at radius 2 is 2.05 bits per heavy atom. The van der Waals surface area contributed by atoms with Crippen molar-refractivity contribution in [2.24, 2.45) is 5.92 Å². The van der Waals surface area contributed by atoms with Gasteiger partial charge in [-0.25, -0.2) is 4.79 Å². The van der Waals surface area contributed by atoms with E-state index in [1.165, 1.54) is 0 Å². The number of piperidine rings is 1. The second-order valence-electron chi connectivity index (χ2n) is 4.97. The molecule has 0 saturated carbocycles. The van der Waals surface area contributed by atoms with E-state index in [2.05, 4.69) is 12.2 Å². The highest BCUT2D eigenvalue weighted by atomic mass is 35.5. The number of carbonyl (C=O) groups is 1. The number of nitrogens with one attached hydrogen (secondary N) is 1. The fraction of sp³-hybridized carbons (Fsp3) is 0.400. The van der Waals surface area contributed by atoms with Crippen LogP contribution in [0, 0.1) is 5.92 Å². The van der Waals surface area contributed by atoms with Crippen LogP contribution in [0.3, 0.4) is 0 Å². The molecule has 0 atom stereocenters. The average Bonchev–Trinajstić information content (AvgIpc) is 2.41. The summed E-state index contributed by atoms with van der Waals surface area (Å²) in [6, 6.07) is 7.50. The Kier molecular flexibility index (Phi) is 4.86. The molecule has 4 heteroatoms. The van der Waals surface area contributed by atoms with Crippen LogP contribution in [-0.2, 0) is 0 Å². The summed E-state index contributed by atoms with van der Waals surface area (Å²) in [4.78, 5) is 13.8. The minimum atomic E-state index is -0.0322. The van der Waals surface area contributed by atoms with E-state index >= 15 is 0 Å². The van der Waals surface area contributed by atoms with Crippen molar-refractivity contribution in [3.05, 3.63) is 41.1 Å². The van der Waals surface area contributed by atoms with E-state index in [4.69, 9.17) is 11.6 Å². The molecule has 1 aliphatic heterocycles. The second-order valence-corrected chi connectivity index (χ2v) is 5.38. The van der Waals surface area contributed by atoms with E-state index in [1.54, 1.807) is 6.20 Å². The van der Waals surface area contributed by atoms with Gasteiger partial charge in [0.1, 0.15) is 0 Å². The molecule has 0 radical (unpaired) electrons. The first-order chi connectivity index (χ1) is 9.16. The van der Waals surface area contributed by atoms with Crippen molar-refractivity contribution in [2.45, 2.75) is 19.8 Å². The summed E-state index contributed by atoms with van der Waals surface area (Å²) < 4.78 is 0. The van der Waals surface area contributed by atoms with Gasteiger partial charge in [-0.2, -0.15) is 0 Å². The molecule has 1 N–H and O–H groups in total. The molecule has 1 aromatic rings. The molecule has 1 saturated heterocycles. The Morgan fingerprint density at radius 1 is 1.37 bits per heavy atom. The highest BCUT2D eigenvalue weighted by Gasteiger charge is 2.19. The number of halogens is 1. The van der Waals surface area contributed by atoms with Crippen LogP contribution >= 0.6 is 11.6 Å². The number of rotatable bonds is 2. The first kappa shape index (κ1) is 13.9. The second kappa shape index (κ2) is 6.62. The summed E-state index contributed by atoms with van der Waals surface area (Å²) in [5, 5.41) is 3.47. The average molecular weight is 279 g/mol. The number of nitrogens with zero attached hydrogens (tertiary/aromatic N) is 1. The maximum Gasteiger partial charge on any atom is 0.321 e. The molecule has 2 amide bonds. The molecule has 2 rings (SSSR count). The molecule has 1 heterocycles. The Hall–Kier alpha value is -1.48. The van der Waals surface area contributed by atoms with Gasteiger partial charge >= 0.3 is 6.03 Å². The van der Waals surface area contributed by atoms with Crippen molar-refractivity contribution in [1.82, 2.24) is 10.2 Å². The van der Waals surface area contributed by atoms with E-state index in [1.807, 2.05) is 35.2 Å². The van der Waals surface area contributed by atoms with Crippen molar-refractivity contribution in [3.8, 4) is 0 Å². The lowest BCUT2D eigenvalue weighted by Gasteiger charge is -2.29. The van der Waals surface area contributed by atoms with Crippen LogP contribution in [0.4, 0.5) is 4.79 Å². The summed E-state index contributed by atoms with van der Waals surface area (Å²) in [5.41, 5.74) is 0.900. The van der Waals surface area contributed by atoms with Crippen LogP contribution in [0.5, 0.6) is 0 Å². The fourth-order valence-electron chi connectivity index (χ4n) is 2.12. The largest absolute Gasteiger partial charge is 0.325 e. The maximum absolute atomic E-state index is 11.9. The van der Waals surface area contributed by atoms with Crippen molar-refractivity contribution in [3.63, 3.8) is 0 Å². The van der Waals surface area contributed by atoms with Gasteiger partial charge in [0.15, 0.2) is 0 Å². The summed E-state index contributed by atoms with van der Waals surface area (Å²) >= 11 is 6.03. The normalized spacial score (nSPS) is 16.8. The summed E-state index contributed by atoms with van der Waals surface area (Å²) in [6.45, 7) is 3.91. The molecule has 3 nitrogen and oxygen atoms in total. The zero-order chi connectivity index (χ0) is 13.7. The molecule has 1 aromatic carbocycles. The van der Waals surface area contributed by atoms with E-state index in [-0.39, 0.29) is 6.03 Å². The Bertz CT molecular complexity index is 465. The van der Waals surface area contributed by atoms with Gasteiger partial charge < -0.3 is 10.2 Å². The zero-order valence-electron chi connectivity index (χ0n) is 11.1. The summed E-state index contributed by atoms with van der Waals surface area (Å²) in [5.74, 6) is 0.725. The molecule has 0 bridgehead atoms. The predicted octanol–water partition coefficient (Wildman–Crippen LogP) is 3.75. The Labute approximate surface area is 119 Å². The molecule has 1 aliphatic rings. The van der Waals surface area contributed by atoms with Crippen LogP contribution in [0.1, 0.15) is 25.3 Å². The standard InChI is InChI=1S/C15H19ClN2O/c1-12-7-10-18(11-8-12)15(19)17-9-6-13-4-2-3-5-14(13)16/h2-6,9,12H,7-8,10-11H2,1H3,(H,17,19)/b9-6+. The van der Waals surface area contributed by atoms with Gasteiger partial charge in [-0.1, -0.05) is 36.7 Å². The molecule has 0 aromatic heterocycles.